The number of ketones is 4. The fourth-order valence-corrected chi connectivity index (χ4v) is 3.22. The summed E-state index contributed by atoms with van der Waals surface area (Å²) >= 11 is 0. The van der Waals surface area contributed by atoms with Crippen LogP contribution in [0.15, 0.2) is 47.4 Å². The summed E-state index contributed by atoms with van der Waals surface area (Å²) in [6.07, 6.45) is -0.158. The van der Waals surface area contributed by atoms with Gasteiger partial charge in [0.25, 0.3) is 10.1 Å². The lowest BCUT2D eigenvalue weighted by molar-refractivity contribution is 0.0892. The lowest BCUT2D eigenvalue weighted by atomic mass is 9.97. The average Bonchev–Trinajstić information content (AvgIpc) is 2.71. The summed E-state index contributed by atoms with van der Waals surface area (Å²) in [6.45, 7) is 3.29. The molecule has 0 radical (unpaired) electrons. The van der Waals surface area contributed by atoms with E-state index in [1.54, 1.807) is 13.8 Å². The van der Waals surface area contributed by atoms with Crippen molar-refractivity contribution in [3.63, 3.8) is 0 Å². The minimum Gasteiger partial charge on any atom is -0.294 e. The second-order valence-corrected chi connectivity index (χ2v) is 7.80. The standard InChI is InChI=1S/C21H20O7S/c1-3-18(22)13-5-7-14(8-6-13)20(24)12-21(25)16-9-15(19(23)4-2)10-17(11-16)29(26,27)28/h5-11H,3-4,12H2,1-2H3,(H,26,27,28). The van der Waals surface area contributed by atoms with Crippen LogP contribution in [-0.4, -0.2) is 36.1 Å². The van der Waals surface area contributed by atoms with Crippen LogP contribution in [-0.2, 0) is 10.1 Å². The van der Waals surface area contributed by atoms with Crippen LogP contribution in [0.25, 0.3) is 0 Å². The smallest absolute Gasteiger partial charge is 0.294 e. The highest BCUT2D eigenvalue weighted by molar-refractivity contribution is 7.85. The van der Waals surface area contributed by atoms with Gasteiger partial charge in [-0.3, -0.25) is 23.7 Å². The van der Waals surface area contributed by atoms with Crippen LogP contribution in [0.1, 0.15) is 74.5 Å². The molecule has 0 saturated heterocycles. The van der Waals surface area contributed by atoms with E-state index in [1.165, 1.54) is 30.3 Å². The van der Waals surface area contributed by atoms with Gasteiger partial charge in [0.2, 0.25) is 0 Å². The molecule has 0 aliphatic rings. The number of carbonyl (C=O) groups is 4. The lowest BCUT2D eigenvalue weighted by Crippen LogP contribution is -2.12. The van der Waals surface area contributed by atoms with Gasteiger partial charge < -0.3 is 0 Å². The molecule has 8 heteroatoms. The van der Waals surface area contributed by atoms with E-state index < -0.39 is 38.8 Å². The molecule has 0 aliphatic carbocycles. The molecule has 2 aromatic rings. The number of rotatable bonds is 9. The lowest BCUT2D eigenvalue weighted by Gasteiger charge is -2.07. The van der Waals surface area contributed by atoms with E-state index in [9.17, 15) is 32.1 Å². The van der Waals surface area contributed by atoms with Crippen LogP contribution < -0.4 is 0 Å². The molecule has 29 heavy (non-hydrogen) atoms. The van der Waals surface area contributed by atoms with E-state index in [-0.39, 0.29) is 28.9 Å². The molecule has 0 unspecified atom stereocenters. The Bertz CT molecular complexity index is 1080. The van der Waals surface area contributed by atoms with Crippen molar-refractivity contribution >= 4 is 33.3 Å². The first-order chi connectivity index (χ1) is 13.6. The Balaban J connectivity index is 2.30. The van der Waals surface area contributed by atoms with Crippen LogP contribution in [0, 0.1) is 0 Å². The Morgan fingerprint density at radius 2 is 1.07 bits per heavy atom. The average molecular weight is 416 g/mol. The number of carbonyl (C=O) groups excluding carboxylic acids is 4. The molecule has 1 N–H and O–H groups in total. The molecule has 7 nitrogen and oxygen atoms in total. The van der Waals surface area contributed by atoms with Gasteiger partial charge in [0.1, 0.15) is 0 Å². The first-order valence-corrected chi connectivity index (χ1v) is 10.4. The summed E-state index contributed by atoms with van der Waals surface area (Å²) in [5, 5.41) is 0. The van der Waals surface area contributed by atoms with Gasteiger partial charge in [-0.1, -0.05) is 38.1 Å². The zero-order valence-electron chi connectivity index (χ0n) is 16.0. The van der Waals surface area contributed by atoms with Crippen LogP contribution in [0.2, 0.25) is 0 Å². The van der Waals surface area contributed by atoms with Gasteiger partial charge in [-0.2, -0.15) is 8.42 Å². The third-order valence-electron chi connectivity index (χ3n) is 4.34. The second kappa shape index (κ2) is 9.02. The Morgan fingerprint density at radius 1 is 0.690 bits per heavy atom. The molecule has 2 rings (SSSR count). The van der Waals surface area contributed by atoms with Crippen molar-refractivity contribution in [2.75, 3.05) is 0 Å². The summed E-state index contributed by atoms with van der Waals surface area (Å²) in [4.78, 5) is 47.9. The van der Waals surface area contributed by atoms with Crippen molar-refractivity contribution in [3.05, 3.63) is 64.7 Å². The molecule has 0 fully saturated rings. The summed E-state index contributed by atoms with van der Waals surface area (Å²) in [7, 11) is -4.64. The van der Waals surface area contributed by atoms with Crippen LogP contribution >= 0.6 is 0 Å². The molecule has 0 heterocycles. The number of hydrogen-bond donors (Lipinski definition) is 1. The van der Waals surface area contributed by atoms with Gasteiger partial charge in [-0.25, -0.2) is 0 Å². The molecule has 0 aliphatic heterocycles. The molecule has 0 amide bonds. The number of hydrogen-bond acceptors (Lipinski definition) is 6. The van der Waals surface area contributed by atoms with Crippen molar-refractivity contribution in [1.29, 1.82) is 0 Å². The molecule has 0 atom stereocenters. The maximum Gasteiger partial charge on any atom is 0.294 e. The molecule has 0 spiro atoms. The second-order valence-electron chi connectivity index (χ2n) is 6.38. The van der Waals surface area contributed by atoms with E-state index in [2.05, 4.69) is 0 Å². The third-order valence-corrected chi connectivity index (χ3v) is 5.17. The van der Waals surface area contributed by atoms with E-state index in [0.717, 1.165) is 12.1 Å². The maximum atomic E-state index is 12.5. The Morgan fingerprint density at radius 3 is 1.52 bits per heavy atom. The van der Waals surface area contributed by atoms with Crippen molar-refractivity contribution in [1.82, 2.24) is 0 Å². The minimum atomic E-state index is -4.64. The van der Waals surface area contributed by atoms with Crippen molar-refractivity contribution in [2.45, 2.75) is 38.0 Å². The van der Waals surface area contributed by atoms with Crippen molar-refractivity contribution in [2.24, 2.45) is 0 Å². The quantitative estimate of drug-likeness (QED) is 0.376. The van der Waals surface area contributed by atoms with Crippen LogP contribution in [0.3, 0.4) is 0 Å². The highest BCUT2D eigenvalue weighted by Crippen LogP contribution is 2.19. The molecule has 0 bridgehead atoms. The Kier molecular flexibility index (Phi) is 6.94. The zero-order valence-corrected chi connectivity index (χ0v) is 16.8. The SMILES string of the molecule is CCC(=O)c1ccc(C(=O)CC(=O)c2cc(C(=O)CC)cc(S(=O)(=O)O)c2)cc1. The Hall–Kier alpha value is -2.97. The summed E-state index contributed by atoms with van der Waals surface area (Å²) in [6, 6.07) is 9.02. The minimum absolute atomic E-state index is 0.0409. The highest BCUT2D eigenvalue weighted by atomic mass is 32.2. The van der Waals surface area contributed by atoms with Gasteiger partial charge >= 0.3 is 0 Å². The van der Waals surface area contributed by atoms with Crippen molar-refractivity contribution < 1.29 is 32.1 Å². The molecular formula is C21H20O7S. The number of benzene rings is 2. The monoisotopic (exact) mass is 416 g/mol. The molecular weight excluding hydrogens is 396 g/mol. The summed E-state index contributed by atoms with van der Waals surface area (Å²) in [5.74, 6) is -1.70. The van der Waals surface area contributed by atoms with Gasteiger partial charge in [-0.05, 0) is 18.2 Å². The molecule has 152 valence electrons. The van der Waals surface area contributed by atoms with Gasteiger partial charge in [0.15, 0.2) is 23.1 Å². The molecule has 2 aromatic carbocycles. The predicted molar refractivity (Wildman–Crippen MR) is 105 cm³/mol. The predicted octanol–water partition coefficient (Wildman–Crippen LogP) is 3.57. The topological polar surface area (TPSA) is 123 Å². The van der Waals surface area contributed by atoms with E-state index in [4.69, 9.17) is 0 Å². The third kappa shape index (κ3) is 5.52. The maximum absolute atomic E-state index is 12.5. The van der Waals surface area contributed by atoms with Crippen LogP contribution in [0.4, 0.5) is 0 Å². The zero-order chi connectivity index (χ0) is 21.8. The summed E-state index contributed by atoms with van der Waals surface area (Å²) < 4.78 is 32.2. The summed E-state index contributed by atoms with van der Waals surface area (Å²) in [5.41, 5.74) is 0.477. The van der Waals surface area contributed by atoms with Gasteiger partial charge in [-0.15, -0.1) is 0 Å². The largest absolute Gasteiger partial charge is 0.294 e. The first-order valence-electron chi connectivity index (χ1n) is 8.92. The normalized spacial score (nSPS) is 11.1. The molecule has 0 aromatic heterocycles. The van der Waals surface area contributed by atoms with E-state index in [0.29, 0.717) is 12.0 Å². The van der Waals surface area contributed by atoms with Crippen molar-refractivity contribution in [3.8, 4) is 0 Å². The van der Waals surface area contributed by atoms with E-state index >= 15 is 0 Å². The van der Waals surface area contributed by atoms with Gasteiger partial charge in [0, 0.05) is 35.1 Å². The fourth-order valence-electron chi connectivity index (χ4n) is 2.67. The number of Topliss-reactive ketones (excluding diaryl/α,β-unsaturated/α-hetero) is 4. The first kappa shape index (κ1) is 22.3. The highest BCUT2D eigenvalue weighted by Gasteiger charge is 2.20. The van der Waals surface area contributed by atoms with Gasteiger partial charge in [0.05, 0.1) is 11.3 Å². The Labute approximate surface area is 168 Å². The van der Waals surface area contributed by atoms with Crippen LogP contribution in [0.5, 0.6) is 0 Å². The fraction of sp³-hybridized carbons (Fsp3) is 0.238. The molecule has 0 saturated carbocycles. The van der Waals surface area contributed by atoms with E-state index in [1.807, 2.05) is 0 Å².